The summed E-state index contributed by atoms with van der Waals surface area (Å²) in [5.41, 5.74) is 0. The van der Waals surface area contributed by atoms with Crippen molar-refractivity contribution in [1.82, 2.24) is 40.1 Å². The third-order valence-corrected chi connectivity index (χ3v) is 5.81. The van der Waals surface area contributed by atoms with Crippen LogP contribution in [0.3, 0.4) is 0 Å². The van der Waals surface area contributed by atoms with E-state index in [9.17, 15) is 0 Å². The highest BCUT2D eigenvalue weighted by Gasteiger charge is 2.19. The first-order chi connectivity index (χ1) is 13.8. The molecule has 0 radical (unpaired) electrons. The summed E-state index contributed by atoms with van der Waals surface area (Å²) in [7, 11) is 0. The van der Waals surface area contributed by atoms with Gasteiger partial charge in [0, 0.05) is 39.1 Å². The van der Waals surface area contributed by atoms with Gasteiger partial charge in [-0.05, 0) is 41.3 Å². The van der Waals surface area contributed by atoms with E-state index >= 15 is 0 Å². The van der Waals surface area contributed by atoms with Gasteiger partial charge >= 0.3 is 0 Å². The van der Waals surface area contributed by atoms with E-state index in [2.05, 4.69) is 42.4 Å². The monoisotopic (exact) mass is 402 g/mol. The Morgan fingerprint density at radius 3 is 2.79 bits per heavy atom. The minimum Gasteiger partial charge on any atom is -0.339 e. The van der Waals surface area contributed by atoms with Gasteiger partial charge in [-0.25, -0.2) is 4.68 Å². The normalized spacial score (nSPS) is 16.0. The van der Waals surface area contributed by atoms with Gasteiger partial charge in [-0.3, -0.25) is 4.90 Å². The third kappa shape index (κ3) is 4.81. The van der Waals surface area contributed by atoms with Crippen molar-refractivity contribution < 1.29 is 4.52 Å². The molecule has 9 nitrogen and oxygen atoms in total. The summed E-state index contributed by atoms with van der Waals surface area (Å²) >= 11 is 1.63. The molecule has 0 N–H and O–H groups in total. The van der Waals surface area contributed by atoms with Gasteiger partial charge in [0.2, 0.25) is 11.7 Å². The number of rotatable bonds is 9. The fourth-order valence-electron chi connectivity index (χ4n) is 3.41. The average Bonchev–Trinajstić information content (AvgIpc) is 3.46. The maximum atomic E-state index is 5.38. The van der Waals surface area contributed by atoms with Gasteiger partial charge in [-0.1, -0.05) is 18.1 Å². The average molecular weight is 403 g/mol. The standard InChI is InChI=1S/C18H26N8OS/c1-2-7-26-16(20-22-23-26)14-25-11-9-24(10-12-25)8-3-6-17-19-18(21-27-17)15-5-4-13-28-15/h4-5,13H,2-3,6-12,14H2,1H3. The molecule has 0 atom stereocenters. The minimum absolute atomic E-state index is 0.698. The predicted molar refractivity (Wildman–Crippen MR) is 106 cm³/mol. The Bertz CT molecular complexity index is 838. The van der Waals surface area contributed by atoms with Gasteiger partial charge in [-0.15, -0.1) is 16.4 Å². The molecule has 0 aliphatic carbocycles. The van der Waals surface area contributed by atoms with E-state index < -0.39 is 0 Å². The molecule has 3 aromatic rings. The number of thiophene rings is 1. The maximum absolute atomic E-state index is 5.38. The Balaban J connectivity index is 1.17. The van der Waals surface area contributed by atoms with Crippen LogP contribution in [0.1, 0.15) is 31.5 Å². The van der Waals surface area contributed by atoms with Crippen LogP contribution in [0.25, 0.3) is 10.7 Å². The first-order valence-corrected chi connectivity index (χ1v) is 10.8. The smallest absolute Gasteiger partial charge is 0.227 e. The quantitative estimate of drug-likeness (QED) is 0.536. The fraction of sp³-hybridized carbons (Fsp3) is 0.611. The van der Waals surface area contributed by atoms with Crippen molar-refractivity contribution >= 4 is 11.3 Å². The summed E-state index contributed by atoms with van der Waals surface area (Å²) in [5, 5.41) is 18.2. The largest absolute Gasteiger partial charge is 0.339 e. The Labute approximate surface area is 168 Å². The molecular weight excluding hydrogens is 376 g/mol. The zero-order valence-corrected chi connectivity index (χ0v) is 17.0. The molecule has 0 unspecified atom stereocenters. The molecule has 4 heterocycles. The zero-order chi connectivity index (χ0) is 19.2. The van der Waals surface area contributed by atoms with Gasteiger partial charge < -0.3 is 9.42 Å². The lowest BCUT2D eigenvalue weighted by Gasteiger charge is -2.34. The van der Waals surface area contributed by atoms with Crippen molar-refractivity contribution in [3.05, 3.63) is 29.2 Å². The van der Waals surface area contributed by atoms with Crippen LogP contribution in [-0.4, -0.2) is 72.9 Å². The minimum atomic E-state index is 0.698. The summed E-state index contributed by atoms with van der Waals surface area (Å²) < 4.78 is 7.30. The van der Waals surface area contributed by atoms with E-state index in [1.807, 2.05) is 22.2 Å². The second-order valence-corrected chi connectivity index (χ2v) is 7.98. The van der Waals surface area contributed by atoms with E-state index in [4.69, 9.17) is 4.52 Å². The number of hydrogen-bond donors (Lipinski definition) is 0. The molecule has 0 amide bonds. The second-order valence-electron chi connectivity index (χ2n) is 7.03. The van der Waals surface area contributed by atoms with Crippen molar-refractivity contribution in [1.29, 1.82) is 0 Å². The Kier molecular flexibility index (Phi) is 6.40. The van der Waals surface area contributed by atoms with Crippen LogP contribution in [0.5, 0.6) is 0 Å². The Morgan fingerprint density at radius 2 is 2.00 bits per heavy atom. The summed E-state index contributed by atoms with van der Waals surface area (Å²) in [6.07, 6.45) is 2.89. The predicted octanol–water partition coefficient (Wildman–Crippen LogP) is 1.94. The number of aromatic nitrogens is 6. The molecule has 1 saturated heterocycles. The van der Waals surface area contributed by atoms with Gasteiger partial charge in [-0.2, -0.15) is 4.98 Å². The molecule has 10 heteroatoms. The number of nitrogens with zero attached hydrogens (tertiary/aromatic N) is 8. The lowest BCUT2D eigenvalue weighted by atomic mass is 10.2. The number of tetrazole rings is 1. The van der Waals surface area contributed by atoms with Gasteiger partial charge in [0.25, 0.3) is 0 Å². The number of aryl methyl sites for hydroxylation is 2. The maximum Gasteiger partial charge on any atom is 0.227 e. The first-order valence-electron chi connectivity index (χ1n) is 9.88. The van der Waals surface area contributed by atoms with Crippen LogP contribution in [0.2, 0.25) is 0 Å². The highest BCUT2D eigenvalue weighted by atomic mass is 32.1. The lowest BCUT2D eigenvalue weighted by Crippen LogP contribution is -2.46. The van der Waals surface area contributed by atoms with E-state index in [0.29, 0.717) is 5.82 Å². The molecule has 0 spiro atoms. The summed E-state index contributed by atoms with van der Waals surface area (Å²) in [4.78, 5) is 10.5. The van der Waals surface area contributed by atoms with Gasteiger partial charge in [0.15, 0.2) is 5.82 Å². The highest BCUT2D eigenvalue weighted by Crippen LogP contribution is 2.21. The summed E-state index contributed by atoms with van der Waals surface area (Å²) in [6.45, 7) is 9.13. The molecule has 0 saturated carbocycles. The highest BCUT2D eigenvalue weighted by molar-refractivity contribution is 7.13. The molecule has 0 aromatic carbocycles. The van der Waals surface area contributed by atoms with Crippen LogP contribution in [0.15, 0.2) is 22.0 Å². The second kappa shape index (κ2) is 9.35. The van der Waals surface area contributed by atoms with Crippen molar-refractivity contribution in [2.24, 2.45) is 0 Å². The first kappa shape index (κ1) is 19.2. The van der Waals surface area contributed by atoms with E-state index in [0.717, 1.165) is 81.7 Å². The SMILES string of the molecule is CCCn1nnnc1CN1CCN(CCCc2nc(-c3cccs3)no2)CC1. The molecule has 0 bridgehead atoms. The number of piperazine rings is 1. The van der Waals surface area contributed by atoms with Crippen LogP contribution < -0.4 is 0 Å². The van der Waals surface area contributed by atoms with Crippen LogP contribution >= 0.6 is 11.3 Å². The summed E-state index contributed by atoms with van der Waals surface area (Å²) in [5.74, 6) is 2.39. The molecule has 150 valence electrons. The van der Waals surface area contributed by atoms with Crippen LogP contribution in [0, 0.1) is 0 Å². The van der Waals surface area contributed by atoms with E-state index in [1.165, 1.54) is 0 Å². The van der Waals surface area contributed by atoms with Crippen molar-refractivity contribution in [3.63, 3.8) is 0 Å². The van der Waals surface area contributed by atoms with E-state index in [1.54, 1.807) is 11.3 Å². The van der Waals surface area contributed by atoms with Gasteiger partial charge in [0.1, 0.15) is 0 Å². The van der Waals surface area contributed by atoms with Crippen LogP contribution in [-0.2, 0) is 19.5 Å². The molecule has 1 aliphatic heterocycles. The Hall–Kier alpha value is -2.17. The zero-order valence-electron chi connectivity index (χ0n) is 16.2. The van der Waals surface area contributed by atoms with E-state index in [-0.39, 0.29) is 0 Å². The van der Waals surface area contributed by atoms with Crippen molar-refractivity contribution in [2.45, 2.75) is 39.3 Å². The topological polar surface area (TPSA) is 89.0 Å². The fourth-order valence-corrected chi connectivity index (χ4v) is 4.06. The molecular formula is C18H26N8OS. The summed E-state index contributed by atoms with van der Waals surface area (Å²) in [6, 6.07) is 4.01. The molecule has 1 fully saturated rings. The van der Waals surface area contributed by atoms with Gasteiger partial charge in [0.05, 0.1) is 11.4 Å². The molecule has 4 rings (SSSR count). The number of hydrogen-bond acceptors (Lipinski definition) is 9. The molecule has 1 aliphatic rings. The lowest BCUT2D eigenvalue weighted by molar-refractivity contribution is 0.122. The van der Waals surface area contributed by atoms with Crippen molar-refractivity contribution in [3.8, 4) is 10.7 Å². The molecule has 28 heavy (non-hydrogen) atoms. The molecule has 3 aromatic heterocycles. The third-order valence-electron chi connectivity index (χ3n) is 4.95. The van der Waals surface area contributed by atoms with Crippen molar-refractivity contribution in [2.75, 3.05) is 32.7 Å². The van der Waals surface area contributed by atoms with Crippen LogP contribution in [0.4, 0.5) is 0 Å². The Morgan fingerprint density at radius 1 is 1.14 bits per heavy atom.